The van der Waals surface area contributed by atoms with Gasteiger partial charge in [0.25, 0.3) is 0 Å². The number of hydrogen-bond donors (Lipinski definition) is 1. The fraction of sp³-hybridized carbons (Fsp3) is 0.400. The Morgan fingerprint density at radius 3 is 3.07 bits per heavy atom. The third-order valence-corrected chi connectivity index (χ3v) is 2.77. The number of aryl methyl sites for hydroxylation is 1. The lowest BCUT2D eigenvalue weighted by Crippen LogP contribution is -2.04. The molecule has 3 rings (SSSR count). The minimum atomic E-state index is 0.0775. The van der Waals surface area contributed by atoms with Crippen molar-refractivity contribution in [3.63, 3.8) is 0 Å². The largest absolute Gasteiger partial charge is 0.343 e. The van der Waals surface area contributed by atoms with Crippen molar-refractivity contribution >= 4 is 11.0 Å². The van der Waals surface area contributed by atoms with Gasteiger partial charge in [0.2, 0.25) is 0 Å². The van der Waals surface area contributed by atoms with Crippen LogP contribution in [0.3, 0.4) is 0 Å². The summed E-state index contributed by atoms with van der Waals surface area (Å²) in [5.41, 5.74) is 1.97. The van der Waals surface area contributed by atoms with E-state index in [1.165, 1.54) is 12.8 Å². The molecule has 1 aliphatic carbocycles. The summed E-state index contributed by atoms with van der Waals surface area (Å²) >= 11 is 0. The zero-order valence-electron chi connectivity index (χ0n) is 7.95. The number of rotatable bonds is 1. The van der Waals surface area contributed by atoms with Gasteiger partial charge in [0.15, 0.2) is 5.43 Å². The van der Waals surface area contributed by atoms with Gasteiger partial charge >= 0.3 is 0 Å². The molecule has 1 fully saturated rings. The van der Waals surface area contributed by atoms with Crippen LogP contribution >= 0.6 is 0 Å². The smallest absolute Gasteiger partial charge is 0.192 e. The van der Waals surface area contributed by atoms with Crippen LogP contribution in [-0.4, -0.2) is 14.8 Å². The van der Waals surface area contributed by atoms with Crippen LogP contribution < -0.4 is 5.43 Å². The van der Waals surface area contributed by atoms with Crippen molar-refractivity contribution in [2.75, 3.05) is 0 Å². The lowest BCUT2D eigenvalue weighted by molar-refractivity contribution is 0.782. The Hall–Kier alpha value is -1.58. The Morgan fingerprint density at radius 2 is 2.36 bits per heavy atom. The molecule has 0 aliphatic heterocycles. The van der Waals surface area contributed by atoms with E-state index < -0.39 is 0 Å². The van der Waals surface area contributed by atoms with Crippen LogP contribution in [0.15, 0.2) is 17.1 Å². The van der Waals surface area contributed by atoms with Crippen LogP contribution in [0.5, 0.6) is 0 Å². The molecule has 2 heterocycles. The summed E-state index contributed by atoms with van der Waals surface area (Å²) < 4.78 is 1.71. The fourth-order valence-electron chi connectivity index (χ4n) is 1.77. The number of pyridine rings is 1. The van der Waals surface area contributed by atoms with Gasteiger partial charge in [0.05, 0.1) is 11.6 Å². The third kappa shape index (κ3) is 0.999. The second-order valence-corrected chi connectivity index (χ2v) is 3.89. The number of aromatic amines is 1. The molecule has 0 atom stereocenters. The highest BCUT2D eigenvalue weighted by Gasteiger charge is 2.25. The summed E-state index contributed by atoms with van der Waals surface area (Å²) in [6.45, 7) is 0. The molecule has 2 aromatic rings. The second-order valence-electron chi connectivity index (χ2n) is 3.89. The fourth-order valence-corrected chi connectivity index (χ4v) is 1.77. The molecule has 14 heavy (non-hydrogen) atoms. The highest BCUT2D eigenvalue weighted by Crippen LogP contribution is 2.38. The Balaban J connectivity index is 2.36. The van der Waals surface area contributed by atoms with Crippen LogP contribution in [0.25, 0.3) is 11.0 Å². The number of nitrogens with one attached hydrogen (secondary N) is 1. The zero-order chi connectivity index (χ0) is 9.71. The molecule has 0 spiro atoms. The minimum absolute atomic E-state index is 0.0775. The quantitative estimate of drug-likeness (QED) is 0.731. The van der Waals surface area contributed by atoms with Crippen molar-refractivity contribution < 1.29 is 0 Å². The molecule has 0 unspecified atom stereocenters. The van der Waals surface area contributed by atoms with Gasteiger partial charge in [-0.3, -0.25) is 9.48 Å². The van der Waals surface area contributed by atoms with Crippen molar-refractivity contribution in [1.82, 2.24) is 14.8 Å². The van der Waals surface area contributed by atoms with E-state index in [0.717, 1.165) is 11.3 Å². The summed E-state index contributed by atoms with van der Waals surface area (Å²) in [5.74, 6) is 0.571. The van der Waals surface area contributed by atoms with Crippen LogP contribution in [-0.2, 0) is 7.05 Å². The predicted octanol–water partition coefficient (Wildman–Crippen LogP) is 1.14. The third-order valence-electron chi connectivity index (χ3n) is 2.77. The molecule has 1 saturated carbocycles. The van der Waals surface area contributed by atoms with Crippen molar-refractivity contribution in [3.8, 4) is 0 Å². The highest BCUT2D eigenvalue weighted by atomic mass is 16.1. The Kier molecular flexibility index (Phi) is 1.37. The second kappa shape index (κ2) is 2.47. The minimum Gasteiger partial charge on any atom is -0.343 e. The van der Waals surface area contributed by atoms with E-state index in [9.17, 15) is 4.79 Å². The average molecular weight is 189 g/mol. The lowest BCUT2D eigenvalue weighted by Gasteiger charge is -1.99. The number of nitrogens with zero attached hydrogens (tertiary/aromatic N) is 2. The summed E-state index contributed by atoms with van der Waals surface area (Å²) in [6, 6.07) is 1.71. The molecule has 0 radical (unpaired) electrons. The first-order valence-electron chi connectivity index (χ1n) is 4.80. The molecule has 2 aromatic heterocycles. The van der Waals surface area contributed by atoms with Gasteiger partial charge < -0.3 is 4.98 Å². The molecular weight excluding hydrogens is 178 g/mol. The van der Waals surface area contributed by atoms with E-state index in [1.807, 2.05) is 7.05 Å². The van der Waals surface area contributed by atoms with E-state index in [0.29, 0.717) is 11.3 Å². The average Bonchev–Trinajstić information content (AvgIpc) is 2.93. The van der Waals surface area contributed by atoms with Gasteiger partial charge in [-0.2, -0.15) is 5.10 Å². The zero-order valence-corrected chi connectivity index (χ0v) is 7.95. The molecule has 0 aromatic carbocycles. The molecule has 4 nitrogen and oxygen atoms in total. The Labute approximate surface area is 80.6 Å². The standard InChI is InChI=1S/C10H11N3O/c1-13-10-7(5-11-13)9(14)4-8(12-10)6-2-3-6/h4-6H,2-3H2,1H3,(H,12,14). The van der Waals surface area contributed by atoms with Gasteiger partial charge in [-0.25, -0.2) is 0 Å². The SMILES string of the molecule is Cn1ncc2c(=O)cc(C3CC3)[nH]c21. The topological polar surface area (TPSA) is 50.7 Å². The maximum atomic E-state index is 11.7. The van der Waals surface area contributed by atoms with E-state index in [1.54, 1.807) is 16.9 Å². The first-order valence-corrected chi connectivity index (χ1v) is 4.80. The van der Waals surface area contributed by atoms with Gasteiger partial charge in [0, 0.05) is 18.8 Å². The number of H-pyrrole nitrogens is 1. The van der Waals surface area contributed by atoms with Crippen LogP contribution in [0.4, 0.5) is 0 Å². The highest BCUT2D eigenvalue weighted by molar-refractivity contribution is 5.74. The van der Waals surface area contributed by atoms with Gasteiger partial charge in [-0.1, -0.05) is 0 Å². The summed E-state index contributed by atoms with van der Waals surface area (Å²) in [5, 5.41) is 4.74. The maximum absolute atomic E-state index is 11.7. The normalized spacial score (nSPS) is 16.4. The molecule has 1 aliphatic rings. The van der Waals surface area contributed by atoms with Gasteiger partial charge in [0.1, 0.15) is 5.65 Å². The molecule has 1 N–H and O–H groups in total. The van der Waals surface area contributed by atoms with Crippen molar-refractivity contribution in [1.29, 1.82) is 0 Å². The van der Waals surface area contributed by atoms with Crippen LogP contribution in [0.1, 0.15) is 24.5 Å². The predicted molar refractivity (Wildman–Crippen MR) is 53.3 cm³/mol. The van der Waals surface area contributed by atoms with E-state index >= 15 is 0 Å². The van der Waals surface area contributed by atoms with Gasteiger partial charge in [-0.15, -0.1) is 0 Å². The van der Waals surface area contributed by atoms with E-state index in [-0.39, 0.29) is 5.43 Å². The summed E-state index contributed by atoms with van der Waals surface area (Å²) in [6.07, 6.45) is 4.00. The van der Waals surface area contributed by atoms with Crippen LogP contribution in [0.2, 0.25) is 0 Å². The number of aromatic nitrogens is 3. The lowest BCUT2D eigenvalue weighted by atomic mass is 10.2. The van der Waals surface area contributed by atoms with Crippen molar-refractivity contribution in [3.05, 3.63) is 28.2 Å². The molecule has 0 saturated heterocycles. The Morgan fingerprint density at radius 1 is 1.57 bits per heavy atom. The first-order chi connectivity index (χ1) is 6.75. The molecule has 0 amide bonds. The molecule has 72 valence electrons. The number of fused-ring (bicyclic) bond motifs is 1. The van der Waals surface area contributed by atoms with Crippen molar-refractivity contribution in [2.24, 2.45) is 7.05 Å². The summed E-state index contributed by atoms with van der Waals surface area (Å²) in [7, 11) is 1.84. The molecule has 0 bridgehead atoms. The van der Waals surface area contributed by atoms with Gasteiger partial charge in [-0.05, 0) is 18.8 Å². The monoisotopic (exact) mass is 189 g/mol. The Bertz CT molecular complexity index is 548. The van der Waals surface area contributed by atoms with E-state index in [2.05, 4.69) is 10.1 Å². The van der Waals surface area contributed by atoms with Crippen LogP contribution in [0, 0.1) is 0 Å². The molecular formula is C10H11N3O. The first kappa shape index (κ1) is 7.79. The summed E-state index contributed by atoms with van der Waals surface area (Å²) in [4.78, 5) is 15.0. The molecule has 4 heteroatoms. The maximum Gasteiger partial charge on any atom is 0.192 e. The van der Waals surface area contributed by atoms with E-state index in [4.69, 9.17) is 0 Å². The van der Waals surface area contributed by atoms with Crippen molar-refractivity contribution in [2.45, 2.75) is 18.8 Å². The number of hydrogen-bond acceptors (Lipinski definition) is 2.